The molecule has 0 radical (unpaired) electrons. The van der Waals surface area contributed by atoms with Crippen LogP contribution in [0, 0.1) is 0 Å². The summed E-state index contributed by atoms with van der Waals surface area (Å²) in [6.07, 6.45) is 0.0374. The van der Waals surface area contributed by atoms with Crippen LogP contribution in [-0.4, -0.2) is 22.1 Å². The number of carbonyl (C=O) groups excluding carboxylic acids is 2. The number of nitrogens with zero attached hydrogens (tertiary/aromatic N) is 1. The van der Waals surface area contributed by atoms with Crippen LogP contribution in [0.2, 0.25) is 0 Å². The molecule has 126 valence electrons. The molecule has 0 unspecified atom stereocenters. The Balaban J connectivity index is 1.36. The lowest BCUT2D eigenvalue weighted by molar-refractivity contribution is -0.145. The second-order valence-corrected chi connectivity index (χ2v) is 7.89. The molecule has 0 saturated carbocycles. The van der Waals surface area contributed by atoms with Gasteiger partial charge in [-0.25, -0.2) is 4.98 Å². The largest absolute Gasteiger partial charge is 0.458 e. The monoisotopic (exact) mass is 370 g/mol. The van der Waals surface area contributed by atoms with E-state index in [0.29, 0.717) is 0 Å². The third kappa shape index (κ3) is 3.52. The van der Waals surface area contributed by atoms with Gasteiger partial charge in [-0.1, -0.05) is 24.3 Å². The van der Waals surface area contributed by atoms with E-state index in [2.05, 4.69) is 10.3 Å². The average molecular weight is 370 g/mol. The molecule has 7 heteroatoms. The number of thioether (sulfide) groups is 1. The fourth-order valence-electron chi connectivity index (χ4n) is 2.56. The van der Waals surface area contributed by atoms with Crippen molar-refractivity contribution in [2.24, 2.45) is 0 Å². The SMILES string of the molecule is O=C(C[C@@H]1Sc2ccccc2NC1=O)OCc1nc2ccccc2s1. The number of rotatable bonds is 4. The normalized spacial score (nSPS) is 16.3. The first-order valence-electron chi connectivity index (χ1n) is 7.76. The molecule has 0 spiro atoms. The number of benzene rings is 2. The van der Waals surface area contributed by atoms with Gasteiger partial charge in [-0.05, 0) is 24.3 Å². The summed E-state index contributed by atoms with van der Waals surface area (Å²) in [4.78, 5) is 29.6. The molecule has 1 aromatic heterocycles. The molecular weight excluding hydrogens is 356 g/mol. The number of carbonyl (C=O) groups is 2. The molecule has 3 aromatic rings. The Morgan fingerprint density at radius 2 is 1.96 bits per heavy atom. The third-order valence-electron chi connectivity index (χ3n) is 3.75. The van der Waals surface area contributed by atoms with Crippen LogP contribution in [0.3, 0.4) is 0 Å². The molecule has 0 fully saturated rings. The van der Waals surface area contributed by atoms with Gasteiger partial charge in [0.25, 0.3) is 0 Å². The van der Waals surface area contributed by atoms with Gasteiger partial charge in [-0.15, -0.1) is 23.1 Å². The highest BCUT2D eigenvalue weighted by molar-refractivity contribution is 8.01. The summed E-state index contributed by atoms with van der Waals surface area (Å²) in [6, 6.07) is 15.3. The summed E-state index contributed by atoms with van der Waals surface area (Å²) in [6.45, 7) is 0.133. The molecule has 0 aliphatic carbocycles. The summed E-state index contributed by atoms with van der Waals surface area (Å²) in [5.41, 5.74) is 1.69. The Kier molecular flexibility index (Phi) is 4.42. The Bertz CT molecular complexity index is 921. The highest BCUT2D eigenvalue weighted by Gasteiger charge is 2.29. The fraction of sp³-hybridized carbons (Fsp3) is 0.167. The van der Waals surface area contributed by atoms with E-state index in [4.69, 9.17) is 4.74 Å². The summed E-state index contributed by atoms with van der Waals surface area (Å²) < 4.78 is 6.37. The van der Waals surface area contributed by atoms with Gasteiger partial charge in [0.2, 0.25) is 5.91 Å². The van der Waals surface area contributed by atoms with Crippen molar-refractivity contribution in [2.75, 3.05) is 5.32 Å². The molecule has 25 heavy (non-hydrogen) atoms. The quantitative estimate of drug-likeness (QED) is 0.707. The van der Waals surface area contributed by atoms with Crippen molar-refractivity contribution in [3.63, 3.8) is 0 Å². The van der Waals surface area contributed by atoms with Crippen LogP contribution in [0.4, 0.5) is 5.69 Å². The Labute approximate surface area is 152 Å². The predicted molar refractivity (Wildman–Crippen MR) is 98.7 cm³/mol. The smallest absolute Gasteiger partial charge is 0.307 e. The maximum absolute atomic E-state index is 12.1. The first-order chi connectivity index (χ1) is 12.2. The number of esters is 1. The van der Waals surface area contributed by atoms with Crippen LogP contribution in [0.5, 0.6) is 0 Å². The molecule has 0 bridgehead atoms. The first kappa shape index (κ1) is 16.1. The van der Waals surface area contributed by atoms with Crippen molar-refractivity contribution in [3.05, 3.63) is 53.5 Å². The van der Waals surface area contributed by atoms with Gasteiger partial charge in [0.1, 0.15) is 11.6 Å². The zero-order chi connectivity index (χ0) is 17.2. The van der Waals surface area contributed by atoms with Gasteiger partial charge in [0, 0.05) is 4.90 Å². The highest BCUT2D eigenvalue weighted by Crippen LogP contribution is 2.36. The summed E-state index contributed by atoms with van der Waals surface area (Å²) in [5, 5.41) is 3.11. The summed E-state index contributed by atoms with van der Waals surface area (Å²) in [5.74, 6) is -0.563. The van der Waals surface area contributed by atoms with E-state index in [9.17, 15) is 9.59 Å². The number of fused-ring (bicyclic) bond motifs is 2. The number of para-hydroxylation sites is 2. The van der Waals surface area contributed by atoms with Crippen molar-refractivity contribution in [1.82, 2.24) is 4.98 Å². The molecule has 1 aliphatic heterocycles. The second kappa shape index (κ2) is 6.85. The summed E-state index contributed by atoms with van der Waals surface area (Å²) >= 11 is 2.90. The molecule has 1 N–H and O–H groups in total. The number of thiazole rings is 1. The highest BCUT2D eigenvalue weighted by atomic mass is 32.2. The number of amides is 1. The van der Waals surface area contributed by atoms with Crippen LogP contribution in [-0.2, 0) is 20.9 Å². The number of hydrogen-bond donors (Lipinski definition) is 1. The molecule has 1 aliphatic rings. The van der Waals surface area contributed by atoms with Crippen LogP contribution in [0.15, 0.2) is 53.4 Å². The fourth-order valence-corrected chi connectivity index (χ4v) is 4.54. The molecular formula is C18H14N2O3S2. The van der Waals surface area contributed by atoms with Gasteiger partial charge in [0.15, 0.2) is 0 Å². The molecule has 0 saturated heterocycles. The number of ether oxygens (including phenoxy) is 1. The number of aromatic nitrogens is 1. The third-order valence-corrected chi connectivity index (χ3v) is 6.04. The standard InChI is InChI=1S/C18H14N2O3S2/c21-17(23-10-16-19-11-5-1-4-8-14(11)25-16)9-15-18(22)20-12-6-2-3-7-13(12)24-15/h1-8,15H,9-10H2,(H,20,22)/t15-/m0/s1. The summed E-state index contributed by atoms with van der Waals surface area (Å²) in [7, 11) is 0. The van der Waals surface area contributed by atoms with Gasteiger partial charge in [-0.3, -0.25) is 9.59 Å². The maximum atomic E-state index is 12.1. The van der Waals surface area contributed by atoms with E-state index in [1.807, 2.05) is 48.5 Å². The van der Waals surface area contributed by atoms with Gasteiger partial charge >= 0.3 is 5.97 Å². The van der Waals surface area contributed by atoms with E-state index >= 15 is 0 Å². The van der Waals surface area contributed by atoms with Gasteiger partial charge in [0.05, 0.1) is 27.6 Å². The van der Waals surface area contributed by atoms with Gasteiger partial charge in [-0.2, -0.15) is 0 Å². The zero-order valence-corrected chi connectivity index (χ0v) is 14.7. The Morgan fingerprint density at radius 1 is 1.16 bits per heavy atom. The van der Waals surface area contributed by atoms with Crippen LogP contribution < -0.4 is 5.32 Å². The minimum absolute atomic E-state index is 0.0374. The lowest BCUT2D eigenvalue weighted by Gasteiger charge is -2.23. The second-order valence-electron chi connectivity index (χ2n) is 5.53. The Hall–Kier alpha value is -2.38. The molecule has 2 aromatic carbocycles. The van der Waals surface area contributed by atoms with E-state index in [1.165, 1.54) is 23.1 Å². The van der Waals surface area contributed by atoms with Crippen molar-refractivity contribution in [3.8, 4) is 0 Å². The molecule has 1 amide bonds. The molecule has 1 atom stereocenters. The zero-order valence-electron chi connectivity index (χ0n) is 13.1. The number of hydrogen-bond acceptors (Lipinski definition) is 6. The first-order valence-corrected chi connectivity index (χ1v) is 9.45. The Morgan fingerprint density at radius 3 is 2.84 bits per heavy atom. The predicted octanol–water partition coefficient (Wildman–Crippen LogP) is 3.84. The van der Waals surface area contributed by atoms with E-state index in [1.54, 1.807) is 0 Å². The van der Waals surface area contributed by atoms with Gasteiger partial charge < -0.3 is 10.1 Å². The lowest BCUT2D eigenvalue weighted by atomic mass is 10.2. The molecule has 5 nitrogen and oxygen atoms in total. The van der Waals surface area contributed by atoms with E-state index in [0.717, 1.165) is 25.8 Å². The number of nitrogens with one attached hydrogen (secondary N) is 1. The molecule has 2 heterocycles. The minimum atomic E-state index is -0.474. The van der Waals surface area contributed by atoms with Crippen molar-refractivity contribution in [2.45, 2.75) is 23.2 Å². The van der Waals surface area contributed by atoms with Crippen molar-refractivity contribution >= 4 is 50.9 Å². The topological polar surface area (TPSA) is 68.3 Å². The van der Waals surface area contributed by atoms with E-state index < -0.39 is 11.2 Å². The van der Waals surface area contributed by atoms with Crippen molar-refractivity contribution < 1.29 is 14.3 Å². The van der Waals surface area contributed by atoms with Crippen LogP contribution in [0.25, 0.3) is 10.2 Å². The van der Waals surface area contributed by atoms with E-state index in [-0.39, 0.29) is 18.9 Å². The average Bonchev–Trinajstić information content (AvgIpc) is 3.03. The maximum Gasteiger partial charge on any atom is 0.307 e. The minimum Gasteiger partial charge on any atom is -0.458 e. The lowest BCUT2D eigenvalue weighted by Crippen LogP contribution is -2.31. The van der Waals surface area contributed by atoms with Crippen LogP contribution >= 0.6 is 23.1 Å². The van der Waals surface area contributed by atoms with Crippen molar-refractivity contribution in [1.29, 1.82) is 0 Å². The van der Waals surface area contributed by atoms with Crippen LogP contribution in [0.1, 0.15) is 11.4 Å². The molecule has 4 rings (SSSR count). The number of anilines is 1.